The summed E-state index contributed by atoms with van der Waals surface area (Å²) in [6.45, 7) is 0. The molecular formula is C13H14FNS. The van der Waals surface area contributed by atoms with Gasteiger partial charge in [0.1, 0.15) is 17.4 Å². The van der Waals surface area contributed by atoms with Gasteiger partial charge >= 0.3 is 0 Å². The molecule has 1 nitrogen and oxygen atoms in total. The van der Waals surface area contributed by atoms with Gasteiger partial charge in [-0.25, -0.2) is 4.39 Å². The van der Waals surface area contributed by atoms with Crippen molar-refractivity contribution in [3.05, 3.63) is 29.6 Å². The highest BCUT2D eigenvalue weighted by Gasteiger charge is 2.17. The van der Waals surface area contributed by atoms with E-state index in [4.69, 9.17) is 5.26 Å². The highest BCUT2D eigenvalue weighted by molar-refractivity contribution is 8.00. The van der Waals surface area contributed by atoms with E-state index in [0.717, 1.165) is 4.90 Å². The summed E-state index contributed by atoms with van der Waals surface area (Å²) in [5.41, 5.74) is 0.207. The van der Waals surface area contributed by atoms with Crippen LogP contribution in [0.1, 0.15) is 37.7 Å². The fourth-order valence-electron chi connectivity index (χ4n) is 2.07. The Balaban J connectivity index is 2.14. The standard InChI is InChI=1S/C13H14FNS/c14-12-7-4-8-13(11(12)9-15)16-10-5-2-1-3-6-10/h4,7-8,10H,1-3,5-6H2. The lowest BCUT2D eigenvalue weighted by Crippen LogP contribution is -2.08. The number of halogens is 1. The fourth-order valence-corrected chi connectivity index (χ4v) is 3.42. The average Bonchev–Trinajstić information content (AvgIpc) is 2.31. The third kappa shape index (κ3) is 2.56. The Bertz CT molecular complexity index is 405. The number of hydrogen-bond acceptors (Lipinski definition) is 2. The summed E-state index contributed by atoms with van der Waals surface area (Å²) in [7, 11) is 0. The summed E-state index contributed by atoms with van der Waals surface area (Å²) in [5.74, 6) is -0.400. The molecule has 0 aliphatic heterocycles. The number of nitrogens with zero attached hydrogens (tertiary/aromatic N) is 1. The monoisotopic (exact) mass is 235 g/mol. The number of benzene rings is 1. The molecule has 1 aromatic carbocycles. The van der Waals surface area contributed by atoms with E-state index in [1.807, 2.05) is 12.1 Å². The molecule has 1 aliphatic rings. The van der Waals surface area contributed by atoms with Crippen molar-refractivity contribution in [3.63, 3.8) is 0 Å². The molecule has 0 heterocycles. The molecule has 0 saturated heterocycles. The third-order valence-electron chi connectivity index (χ3n) is 2.93. The Morgan fingerprint density at radius 1 is 1.25 bits per heavy atom. The van der Waals surface area contributed by atoms with E-state index in [1.165, 1.54) is 38.2 Å². The zero-order chi connectivity index (χ0) is 11.4. The highest BCUT2D eigenvalue weighted by Crippen LogP contribution is 2.35. The second kappa shape index (κ2) is 5.36. The van der Waals surface area contributed by atoms with Gasteiger partial charge in [-0.05, 0) is 25.0 Å². The quantitative estimate of drug-likeness (QED) is 0.769. The van der Waals surface area contributed by atoms with Crippen LogP contribution < -0.4 is 0 Å². The lowest BCUT2D eigenvalue weighted by Gasteiger charge is -2.21. The first kappa shape index (κ1) is 11.5. The second-order valence-electron chi connectivity index (χ2n) is 4.10. The predicted octanol–water partition coefficient (Wildman–Crippen LogP) is 4.12. The van der Waals surface area contributed by atoms with Crippen LogP contribution in [0.2, 0.25) is 0 Å². The maximum Gasteiger partial charge on any atom is 0.142 e. The summed E-state index contributed by atoms with van der Waals surface area (Å²) >= 11 is 1.67. The van der Waals surface area contributed by atoms with Gasteiger partial charge in [-0.1, -0.05) is 25.3 Å². The van der Waals surface area contributed by atoms with Crippen molar-refractivity contribution in [2.75, 3.05) is 0 Å². The average molecular weight is 235 g/mol. The van der Waals surface area contributed by atoms with Crippen molar-refractivity contribution in [2.24, 2.45) is 0 Å². The maximum absolute atomic E-state index is 13.4. The van der Waals surface area contributed by atoms with Crippen molar-refractivity contribution in [1.29, 1.82) is 5.26 Å². The summed E-state index contributed by atoms with van der Waals surface area (Å²) in [5, 5.41) is 9.48. The Kier molecular flexibility index (Phi) is 3.84. The topological polar surface area (TPSA) is 23.8 Å². The third-order valence-corrected chi connectivity index (χ3v) is 4.33. The Morgan fingerprint density at radius 3 is 2.69 bits per heavy atom. The van der Waals surface area contributed by atoms with E-state index in [0.29, 0.717) is 5.25 Å². The van der Waals surface area contributed by atoms with E-state index in [2.05, 4.69) is 0 Å². The minimum Gasteiger partial charge on any atom is -0.206 e. The highest BCUT2D eigenvalue weighted by atomic mass is 32.2. The molecule has 2 rings (SSSR count). The van der Waals surface area contributed by atoms with Crippen LogP contribution >= 0.6 is 11.8 Å². The van der Waals surface area contributed by atoms with Gasteiger partial charge in [-0.2, -0.15) is 5.26 Å². The normalized spacial score (nSPS) is 17.0. The van der Waals surface area contributed by atoms with Crippen molar-refractivity contribution < 1.29 is 4.39 Å². The van der Waals surface area contributed by atoms with E-state index in [1.54, 1.807) is 17.8 Å². The van der Waals surface area contributed by atoms with Crippen molar-refractivity contribution in [2.45, 2.75) is 42.2 Å². The van der Waals surface area contributed by atoms with Crippen LogP contribution in [0.4, 0.5) is 4.39 Å². The first-order chi connectivity index (χ1) is 7.81. The maximum atomic E-state index is 13.4. The van der Waals surface area contributed by atoms with Crippen molar-refractivity contribution in [1.82, 2.24) is 0 Å². The van der Waals surface area contributed by atoms with Crippen LogP contribution in [0.5, 0.6) is 0 Å². The molecule has 1 saturated carbocycles. The van der Waals surface area contributed by atoms with Crippen LogP contribution in [0.15, 0.2) is 23.1 Å². The van der Waals surface area contributed by atoms with Crippen molar-refractivity contribution >= 4 is 11.8 Å². The summed E-state index contributed by atoms with van der Waals surface area (Å²) in [6, 6.07) is 6.84. The van der Waals surface area contributed by atoms with E-state index in [9.17, 15) is 4.39 Å². The lowest BCUT2D eigenvalue weighted by molar-refractivity contribution is 0.516. The van der Waals surface area contributed by atoms with Gasteiger partial charge in [0.15, 0.2) is 0 Å². The Labute approximate surface area is 99.7 Å². The van der Waals surface area contributed by atoms with E-state index in [-0.39, 0.29) is 5.56 Å². The molecule has 0 atom stereocenters. The van der Waals surface area contributed by atoms with E-state index >= 15 is 0 Å². The molecule has 0 aromatic heterocycles. The summed E-state index contributed by atoms with van der Waals surface area (Å²) in [6.07, 6.45) is 6.20. The van der Waals surface area contributed by atoms with Crippen LogP contribution in [0.3, 0.4) is 0 Å². The molecule has 0 unspecified atom stereocenters. The molecule has 0 spiro atoms. The molecule has 16 heavy (non-hydrogen) atoms. The Morgan fingerprint density at radius 2 is 2.00 bits per heavy atom. The van der Waals surface area contributed by atoms with Gasteiger partial charge in [0.25, 0.3) is 0 Å². The zero-order valence-electron chi connectivity index (χ0n) is 9.08. The molecule has 1 aromatic rings. The van der Waals surface area contributed by atoms with Gasteiger partial charge < -0.3 is 0 Å². The number of rotatable bonds is 2. The zero-order valence-corrected chi connectivity index (χ0v) is 9.89. The molecule has 0 bridgehead atoms. The van der Waals surface area contributed by atoms with Gasteiger partial charge in [0.2, 0.25) is 0 Å². The van der Waals surface area contributed by atoms with Crippen LogP contribution in [-0.2, 0) is 0 Å². The molecule has 3 heteroatoms. The molecule has 1 fully saturated rings. The Hall–Kier alpha value is -1.01. The van der Waals surface area contributed by atoms with E-state index < -0.39 is 5.82 Å². The van der Waals surface area contributed by atoms with Gasteiger partial charge in [0, 0.05) is 10.1 Å². The molecule has 0 amide bonds. The van der Waals surface area contributed by atoms with Crippen LogP contribution in [0.25, 0.3) is 0 Å². The number of hydrogen-bond donors (Lipinski definition) is 0. The smallest absolute Gasteiger partial charge is 0.142 e. The van der Waals surface area contributed by atoms with Gasteiger partial charge in [-0.3, -0.25) is 0 Å². The summed E-state index contributed by atoms with van der Waals surface area (Å²) < 4.78 is 13.4. The molecule has 0 N–H and O–H groups in total. The van der Waals surface area contributed by atoms with Gasteiger partial charge in [0.05, 0.1) is 0 Å². The lowest BCUT2D eigenvalue weighted by atomic mass is 10.0. The molecule has 0 radical (unpaired) electrons. The largest absolute Gasteiger partial charge is 0.206 e. The first-order valence-electron chi connectivity index (χ1n) is 5.66. The minimum absolute atomic E-state index is 0.207. The first-order valence-corrected chi connectivity index (χ1v) is 6.54. The van der Waals surface area contributed by atoms with Gasteiger partial charge in [-0.15, -0.1) is 11.8 Å². The van der Waals surface area contributed by atoms with Crippen LogP contribution in [0, 0.1) is 17.1 Å². The van der Waals surface area contributed by atoms with Crippen LogP contribution in [-0.4, -0.2) is 5.25 Å². The molecule has 84 valence electrons. The minimum atomic E-state index is -0.400. The fraction of sp³-hybridized carbons (Fsp3) is 0.462. The summed E-state index contributed by atoms with van der Waals surface area (Å²) in [4.78, 5) is 0.800. The predicted molar refractivity (Wildman–Crippen MR) is 63.8 cm³/mol. The molecular weight excluding hydrogens is 221 g/mol. The molecule has 1 aliphatic carbocycles. The number of nitriles is 1. The second-order valence-corrected chi connectivity index (χ2v) is 5.44. The SMILES string of the molecule is N#Cc1c(F)cccc1SC1CCCCC1. The van der Waals surface area contributed by atoms with Crippen molar-refractivity contribution in [3.8, 4) is 6.07 Å². The number of thioether (sulfide) groups is 1.